The molecule has 0 fully saturated rings. The largest absolute Gasteiger partial charge is 0.228 e. The third-order valence-electron chi connectivity index (χ3n) is 7.91. The van der Waals surface area contributed by atoms with Gasteiger partial charge in [-0.2, -0.15) is 5.26 Å². The summed E-state index contributed by atoms with van der Waals surface area (Å²) in [7, 11) is 0. The smallest absolute Gasteiger partial charge is 0.160 e. The fraction of sp³-hybridized carbons (Fsp3) is 0.0833. The lowest BCUT2D eigenvalue weighted by Crippen LogP contribution is -2.14. The summed E-state index contributed by atoms with van der Waals surface area (Å²) < 4.78 is 0. The summed E-state index contributed by atoms with van der Waals surface area (Å²) >= 11 is 0. The summed E-state index contributed by atoms with van der Waals surface area (Å²) in [6.07, 6.45) is 0. The highest BCUT2D eigenvalue weighted by Crippen LogP contribution is 2.53. The zero-order chi connectivity index (χ0) is 26.6. The summed E-state index contributed by atoms with van der Waals surface area (Å²) in [6, 6.07) is 41.8. The van der Waals surface area contributed by atoms with E-state index in [4.69, 9.17) is 9.97 Å². The van der Waals surface area contributed by atoms with Crippen molar-refractivity contribution in [2.24, 2.45) is 0 Å². The number of fused-ring (bicyclic) bond motifs is 4. The van der Waals surface area contributed by atoms with Crippen molar-refractivity contribution in [3.8, 4) is 51.1 Å². The monoisotopic (exact) mass is 499 g/mol. The van der Waals surface area contributed by atoms with Crippen LogP contribution in [0.1, 0.15) is 30.5 Å². The molecule has 1 aliphatic carbocycles. The van der Waals surface area contributed by atoms with Crippen LogP contribution in [0.3, 0.4) is 0 Å². The van der Waals surface area contributed by atoms with Gasteiger partial charge in [0.2, 0.25) is 0 Å². The average Bonchev–Trinajstić information content (AvgIpc) is 3.22. The van der Waals surface area contributed by atoms with Crippen molar-refractivity contribution >= 4 is 10.8 Å². The van der Waals surface area contributed by atoms with Crippen LogP contribution in [-0.2, 0) is 5.41 Å². The van der Waals surface area contributed by atoms with E-state index >= 15 is 0 Å². The number of nitriles is 1. The topological polar surface area (TPSA) is 49.6 Å². The molecule has 1 aromatic heterocycles. The van der Waals surface area contributed by atoms with Gasteiger partial charge in [0, 0.05) is 22.1 Å². The second-order valence-electron chi connectivity index (χ2n) is 10.6. The van der Waals surface area contributed by atoms with Crippen molar-refractivity contribution in [3.63, 3.8) is 0 Å². The maximum Gasteiger partial charge on any atom is 0.160 e. The fourth-order valence-electron chi connectivity index (χ4n) is 5.85. The Balaban J connectivity index is 1.49. The van der Waals surface area contributed by atoms with Gasteiger partial charge in [-0.15, -0.1) is 0 Å². The first-order chi connectivity index (χ1) is 19.0. The van der Waals surface area contributed by atoms with Gasteiger partial charge in [0.15, 0.2) is 5.82 Å². The summed E-state index contributed by atoms with van der Waals surface area (Å²) in [6.45, 7) is 4.63. The molecule has 0 amide bonds. The lowest BCUT2D eigenvalue weighted by molar-refractivity contribution is 0.661. The van der Waals surface area contributed by atoms with Crippen molar-refractivity contribution in [2.45, 2.75) is 19.3 Å². The molecule has 0 saturated carbocycles. The van der Waals surface area contributed by atoms with E-state index in [9.17, 15) is 5.26 Å². The lowest BCUT2D eigenvalue weighted by Gasteiger charge is -2.22. The highest BCUT2D eigenvalue weighted by Gasteiger charge is 2.37. The standard InChI is InChI=1S/C36H25N3/c1-36(2)30-14-8-13-28(34(30)29-19-26-11-6-7-12-27(26)20-31(29)36)33-21-32(24-17-15-23(22-37)16-18-24)38-35(39-33)25-9-4-3-5-10-25/h3-21H,1-2H3. The number of nitrogens with zero attached hydrogens (tertiary/aromatic N) is 3. The predicted molar refractivity (Wildman–Crippen MR) is 158 cm³/mol. The van der Waals surface area contributed by atoms with Gasteiger partial charge in [-0.05, 0) is 63.4 Å². The molecule has 39 heavy (non-hydrogen) atoms. The van der Waals surface area contributed by atoms with Gasteiger partial charge in [0.25, 0.3) is 0 Å². The van der Waals surface area contributed by atoms with Gasteiger partial charge in [0.1, 0.15) is 0 Å². The first-order valence-corrected chi connectivity index (χ1v) is 13.2. The number of benzene rings is 5. The van der Waals surface area contributed by atoms with Gasteiger partial charge in [0.05, 0.1) is 23.0 Å². The summed E-state index contributed by atoms with van der Waals surface area (Å²) in [4.78, 5) is 10.1. The molecule has 0 aliphatic heterocycles. The zero-order valence-corrected chi connectivity index (χ0v) is 21.8. The summed E-state index contributed by atoms with van der Waals surface area (Å²) in [5.74, 6) is 0.682. The molecular formula is C36H25N3. The first-order valence-electron chi connectivity index (χ1n) is 13.2. The Kier molecular flexibility index (Phi) is 5.18. The Morgan fingerprint density at radius 3 is 2.03 bits per heavy atom. The Labute approximate surface area is 228 Å². The molecule has 0 unspecified atom stereocenters. The molecule has 3 nitrogen and oxygen atoms in total. The Hall–Kier alpha value is -5.07. The minimum atomic E-state index is -0.129. The van der Waals surface area contributed by atoms with Gasteiger partial charge in [-0.3, -0.25) is 0 Å². The predicted octanol–water partition coefficient (Wildman–Crippen LogP) is 8.81. The molecule has 0 N–H and O–H groups in total. The molecule has 0 atom stereocenters. The number of aromatic nitrogens is 2. The molecule has 3 heteroatoms. The lowest BCUT2D eigenvalue weighted by atomic mass is 9.81. The maximum absolute atomic E-state index is 9.29. The summed E-state index contributed by atoms with van der Waals surface area (Å²) in [5, 5.41) is 11.8. The third kappa shape index (κ3) is 3.73. The maximum atomic E-state index is 9.29. The molecule has 7 rings (SSSR count). The van der Waals surface area contributed by atoms with Crippen LogP contribution in [0, 0.1) is 11.3 Å². The number of hydrogen-bond donors (Lipinski definition) is 0. The molecule has 6 aromatic rings. The van der Waals surface area contributed by atoms with Crippen LogP contribution in [0.5, 0.6) is 0 Å². The van der Waals surface area contributed by atoms with E-state index in [1.807, 2.05) is 54.6 Å². The molecule has 0 bridgehead atoms. The molecule has 0 radical (unpaired) electrons. The molecule has 1 heterocycles. The average molecular weight is 500 g/mol. The minimum Gasteiger partial charge on any atom is -0.228 e. The quantitative estimate of drug-likeness (QED) is 0.244. The molecule has 184 valence electrons. The summed E-state index contributed by atoms with van der Waals surface area (Å²) in [5.41, 5.74) is 10.4. The van der Waals surface area contributed by atoms with Crippen molar-refractivity contribution in [3.05, 3.63) is 132 Å². The van der Waals surface area contributed by atoms with E-state index in [-0.39, 0.29) is 5.41 Å². The third-order valence-corrected chi connectivity index (χ3v) is 7.91. The fourth-order valence-corrected chi connectivity index (χ4v) is 5.85. The van der Waals surface area contributed by atoms with Gasteiger partial charge < -0.3 is 0 Å². The van der Waals surface area contributed by atoms with Crippen LogP contribution in [0.25, 0.3) is 55.8 Å². The molecule has 1 aliphatic rings. The number of hydrogen-bond acceptors (Lipinski definition) is 3. The van der Waals surface area contributed by atoms with E-state index < -0.39 is 0 Å². The van der Waals surface area contributed by atoms with E-state index in [2.05, 4.69) is 80.6 Å². The number of rotatable bonds is 3. The Morgan fingerprint density at radius 1 is 0.590 bits per heavy atom. The normalized spacial score (nSPS) is 13.1. The second kappa shape index (κ2) is 8.75. The van der Waals surface area contributed by atoms with E-state index in [1.165, 1.54) is 33.0 Å². The van der Waals surface area contributed by atoms with Crippen molar-refractivity contribution in [1.82, 2.24) is 9.97 Å². The van der Waals surface area contributed by atoms with Crippen LogP contribution >= 0.6 is 0 Å². The van der Waals surface area contributed by atoms with Crippen LogP contribution in [0.15, 0.2) is 115 Å². The minimum absolute atomic E-state index is 0.129. The van der Waals surface area contributed by atoms with Crippen LogP contribution in [0.2, 0.25) is 0 Å². The van der Waals surface area contributed by atoms with E-state index in [0.29, 0.717) is 11.4 Å². The van der Waals surface area contributed by atoms with Gasteiger partial charge in [-0.25, -0.2) is 9.97 Å². The molecular weight excluding hydrogens is 474 g/mol. The SMILES string of the molecule is CC1(C)c2cc3ccccc3cc2-c2c(-c3cc(-c4ccc(C#N)cc4)nc(-c4ccccc4)n3)cccc21. The van der Waals surface area contributed by atoms with E-state index in [0.717, 1.165) is 28.1 Å². The van der Waals surface area contributed by atoms with Crippen molar-refractivity contribution in [2.75, 3.05) is 0 Å². The van der Waals surface area contributed by atoms with Gasteiger partial charge >= 0.3 is 0 Å². The van der Waals surface area contributed by atoms with Crippen LogP contribution in [0.4, 0.5) is 0 Å². The van der Waals surface area contributed by atoms with E-state index in [1.54, 1.807) is 0 Å². The highest BCUT2D eigenvalue weighted by atomic mass is 14.9. The molecule has 0 saturated heterocycles. The molecule has 0 spiro atoms. The van der Waals surface area contributed by atoms with Crippen LogP contribution in [-0.4, -0.2) is 9.97 Å². The first kappa shape index (κ1) is 23.1. The molecule has 5 aromatic carbocycles. The van der Waals surface area contributed by atoms with Crippen LogP contribution < -0.4 is 0 Å². The Bertz CT molecular complexity index is 1930. The van der Waals surface area contributed by atoms with Crippen molar-refractivity contribution in [1.29, 1.82) is 5.26 Å². The zero-order valence-electron chi connectivity index (χ0n) is 21.8. The van der Waals surface area contributed by atoms with Gasteiger partial charge in [-0.1, -0.05) is 98.8 Å². The highest BCUT2D eigenvalue weighted by molar-refractivity contribution is 5.98. The van der Waals surface area contributed by atoms with Crippen molar-refractivity contribution < 1.29 is 0 Å². The Morgan fingerprint density at radius 2 is 1.28 bits per heavy atom. The second-order valence-corrected chi connectivity index (χ2v) is 10.6.